The van der Waals surface area contributed by atoms with Gasteiger partial charge in [-0.25, -0.2) is 15.1 Å². The summed E-state index contributed by atoms with van der Waals surface area (Å²) in [6, 6.07) is 21.8. The van der Waals surface area contributed by atoms with Crippen molar-refractivity contribution in [2.45, 2.75) is 32.7 Å². The molecule has 0 fully saturated rings. The van der Waals surface area contributed by atoms with Crippen molar-refractivity contribution in [3.8, 4) is 39.8 Å². The number of tetrazole rings is 1. The number of nitrogens with one attached hydrogen (secondary N) is 1. The zero-order valence-corrected chi connectivity index (χ0v) is 18.9. The summed E-state index contributed by atoms with van der Waals surface area (Å²) in [6.45, 7) is 2.82. The quantitative estimate of drug-likeness (QED) is 0.348. The van der Waals surface area contributed by atoms with E-state index in [1.807, 2.05) is 30.5 Å². The lowest BCUT2D eigenvalue weighted by molar-refractivity contribution is 0.454. The molecule has 2 N–H and O–H groups in total. The van der Waals surface area contributed by atoms with Crippen LogP contribution in [0.25, 0.3) is 33.9 Å². The smallest absolute Gasteiger partial charge is 0.211 e. The van der Waals surface area contributed by atoms with E-state index in [4.69, 9.17) is 4.98 Å². The first-order valence-electron chi connectivity index (χ1n) is 11.4. The fourth-order valence-corrected chi connectivity index (χ4v) is 4.04. The van der Waals surface area contributed by atoms with E-state index in [1.54, 1.807) is 12.1 Å². The molecule has 8 heteroatoms. The summed E-state index contributed by atoms with van der Waals surface area (Å²) in [5, 5.41) is 24.4. The molecular weight excluding hydrogens is 426 g/mol. The van der Waals surface area contributed by atoms with Gasteiger partial charge >= 0.3 is 0 Å². The molecule has 0 saturated heterocycles. The van der Waals surface area contributed by atoms with Crippen LogP contribution in [0.1, 0.15) is 31.2 Å². The maximum absolute atomic E-state index is 9.80. The van der Waals surface area contributed by atoms with Crippen LogP contribution >= 0.6 is 0 Å². The van der Waals surface area contributed by atoms with E-state index < -0.39 is 0 Å². The highest BCUT2D eigenvalue weighted by Crippen LogP contribution is 2.31. The predicted octanol–water partition coefficient (Wildman–Crippen LogP) is 4.89. The Kier molecular flexibility index (Phi) is 6.11. The maximum atomic E-state index is 9.80. The van der Waals surface area contributed by atoms with E-state index in [9.17, 15) is 5.11 Å². The lowest BCUT2D eigenvalue weighted by Gasteiger charge is -2.12. The number of rotatable bonds is 8. The average Bonchev–Trinajstić information content (AvgIpc) is 3.54. The van der Waals surface area contributed by atoms with Gasteiger partial charge in [0.2, 0.25) is 5.88 Å². The minimum atomic E-state index is -0.0102. The summed E-state index contributed by atoms with van der Waals surface area (Å²) in [5.74, 6) is 1.61. The van der Waals surface area contributed by atoms with Crippen molar-refractivity contribution in [3.63, 3.8) is 0 Å². The second-order valence-corrected chi connectivity index (χ2v) is 8.15. The van der Waals surface area contributed by atoms with Crippen LogP contribution in [0, 0.1) is 0 Å². The number of pyridine rings is 1. The van der Waals surface area contributed by atoms with E-state index in [2.05, 4.69) is 67.4 Å². The van der Waals surface area contributed by atoms with Crippen LogP contribution in [-0.2, 0) is 13.0 Å². The molecule has 3 heterocycles. The van der Waals surface area contributed by atoms with E-state index >= 15 is 0 Å². The molecule has 8 nitrogen and oxygen atoms in total. The van der Waals surface area contributed by atoms with Crippen LogP contribution in [0.4, 0.5) is 0 Å². The third kappa shape index (κ3) is 4.56. The largest absolute Gasteiger partial charge is 0.493 e. The Hall–Kier alpha value is -4.33. The minimum absolute atomic E-state index is 0.0102. The number of H-pyrrole nitrogens is 1. The molecule has 0 unspecified atom stereocenters. The van der Waals surface area contributed by atoms with Crippen LogP contribution in [0.3, 0.4) is 0 Å². The molecule has 0 radical (unpaired) electrons. The zero-order chi connectivity index (χ0) is 23.3. The number of imidazole rings is 1. The van der Waals surface area contributed by atoms with E-state index in [1.165, 1.54) is 0 Å². The topological polar surface area (TPSA) is 105 Å². The Morgan fingerprint density at radius 3 is 2.56 bits per heavy atom. The Balaban J connectivity index is 1.53. The standard InChI is InChI=1S/C26H25N7O/c1-2-3-11-24-27-23(22-10-7-12-25(34)28-22)17-33(24)16-18-13-14-20(19-8-5-4-6-9-19)21(15-18)26-29-31-32-30-26/h4-10,12-15,17H,2-3,11,16H2,1H3,(H,28,34)(H,29,30,31,32). The molecule has 5 rings (SSSR count). The van der Waals surface area contributed by atoms with Gasteiger partial charge in [0.1, 0.15) is 11.5 Å². The molecule has 0 aliphatic heterocycles. The van der Waals surface area contributed by atoms with Crippen molar-refractivity contribution in [2.24, 2.45) is 0 Å². The van der Waals surface area contributed by atoms with Crippen LogP contribution in [-0.4, -0.2) is 40.3 Å². The molecule has 0 atom stereocenters. The van der Waals surface area contributed by atoms with Crippen molar-refractivity contribution >= 4 is 0 Å². The van der Waals surface area contributed by atoms with Gasteiger partial charge < -0.3 is 9.67 Å². The fourth-order valence-electron chi connectivity index (χ4n) is 4.04. The number of nitrogens with zero attached hydrogens (tertiary/aromatic N) is 6. The third-order valence-electron chi connectivity index (χ3n) is 5.73. The van der Waals surface area contributed by atoms with Crippen LogP contribution in [0.15, 0.2) is 72.9 Å². The molecule has 5 aromatic rings. The number of hydrogen-bond donors (Lipinski definition) is 2. The SMILES string of the molecule is CCCCc1nc(-c2cccc(O)n2)cn1Cc1ccc(-c2ccccc2)c(-c2nnn[nH]2)c1. The molecule has 0 aliphatic rings. The molecule has 0 amide bonds. The Morgan fingerprint density at radius 2 is 1.79 bits per heavy atom. The Morgan fingerprint density at radius 1 is 0.912 bits per heavy atom. The van der Waals surface area contributed by atoms with E-state index in [0.717, 1.165) is 53.0 Å². The van der Waals surface area contributed by atoms with Gasteiger partial charge in [-0.05, 0) is 45.7 Å². The monoisotopic (exact) mass is 451 g/mol. The molecule has 2 aromatic carbocycles. The van der Waals surface area contributed by atoms with Gasteiger partial charge in [0.05, 0.1) is 5.69 Å². The molecule has 0 aliphatic carbocycles. The number of aromatic nitrogens is 7. The van der Waals surface area contributed by atoms with E-state index in [0.29, 0.717) is 18.1 Å². The van der Waals surface area contributed by atoms with Gasteiger partial charge in [-0.1, -0.05) is 61.9 Å². The summed E-state index contributed by atoms with van der Waals surface area (Å²) in [6.07, 6.45) is 5.01. The number of aryl methyl sites for hydroxylation is 1. The van der Waals surface area contributed by atoms with Gasteiger partial charge in [0.15, 0.2) is 5.82 Å². The lowest BCUT2D eigenvalue weighted by atomic mass is 9.97. The number of aromatic hydroxyl groups is 1. The number of unbranched alkanes of at least 4 members (excludes halogenated alkanes) is 1. The van der Waals surface area contributed by atoms with Crippen molar-refractivity contribution < 1.29 is 5.11 Å². The molecule has 170 valence electrons. The Bertz CT molecular complexity index is 1380. The maximum Gasteiger partial charge on any atom is 0.211 e. The fraction of sp³-hybridized carbons (Fsp3) is 0.192. The van der Waals surface area contributed by atoms with Crippen LogP contribution in [0.5, 0.6) is 5.88 Å². The summed E-state index contributed by atoms with van der Waals surface area (Å²) >= 11 is 0. The predicted molar refractivity (Wildman–Crippen MR) is 130 cm³/mol. The summed E-state index contributed by atoms with van der Waals surface area (Å²) in [4.78, 5) is 9.08. The third-order valence-corrected chi connectivity index (χ3v) is 5.73. The highest BCUT2D eigenvalue weighted by atomic mass is 16.3. The normalized spacial score (nSPS) is 11.1. The highest BCUT2D eigenvalue weighted by molar-refractivity contribution is 5.80. The summed E-state index contributed by atoms with van der Waals surface area (Å²) in [5.41, 5.74) is 5.62. The second kappa shape index (κ2) is 9.66. The van der Waals surface area contributed by atoms with Crippen LogP contribution in [0.2, 0.25) is 0 Å². The zero-order valence-electron chi connectivity index (χ0n) is 18.9. The van der Waals surface area contributed by atoms with Crippen molar-refractivity contribution in [1.29, 1.82) is 0 Å². The number of benzene rings is 2. The lowest BCUT2D eigenvalue weighted by Crippen LogP contribution is -2.05. The highest BCUT2D eigenvalue weighted by Gasteiger charge is 2.15. The molecular formula is C26H25N7O. The van der Waals surface area contributed by atoms with Gasteiger partial charge in [0.25, 0.3) is 0 Å². The van der Waals surface area contributed by atoms with Crippen molar-refractivity contribution in [2.75, 3.05) is 0 Å². The Labute approximate surface area is 197 Å². The van der Waals surface area contributed by atoms with Gasteiger partial charge in [0, 0.05) is 30.8 Å². The number of hydrogen-bond acceptors (Lipinski definition) is 6. The number of aromatic amines is 1. The summed E-state index contributed by atoms with van der Waals surface area (Å²) in [7, 11) is 0. The van der Waals surface area contributed by atoms with Gasteiger partial charge in [-0.3, -0.25) is 0 Å². The first-order chi connectivity index (χ1) is 16.7. The van der Waals surface area contributed by atoms with Crippen LogP contribution < -0.4 is 0 Å². The molecule has 3 aromatic heterocycles. The van der Waals surface area contributed by atoms with Crippen molar-refractivity contribution in [3.05, 3.63) is 84.3 Å². The molecule has 34 heavy (non-hydrogen) atoms. The first kappa shape index (κ1) is 21.5. The first-order valence-corrected chi connectivity index (χ1v) is 11.4. The van der Waals surface area contributed by atoms with Gasteiger partial charge in [-0.15, -0.1) is 5.10 Å². The average molecular weight is 452 g/mol. The van der Waals surface area contributed by atoms with Crippen molar-refractivity contribution in [1.82, 2.24) is 35.2 Å². The second-order valence-electron chi connectivity index (χ2n) is 8.15. The molecule has 0 saturated carbocycles. The molecule has 0 bridgehead atoms. The summed E-state index contributed by atoms with van der Waals surface area (Å²) < 4.78 is 2.16. The van der Waals surface area contributed by atoms with Gasteiger partial charge in [-0.2, -0.15) is 0 Å². The van der Waals surface area contributed by atoms with E-state index in [-0.39, 0.29) is 5.88 Å². The minimum Gasteiger partial charge on any atom is -0.493 e. The molecule has 0 spiro atoms.